The first-order valence-corrected chi connectivity index (χ1v) is 4.53. The Labute approximate surface area is 78.2 Å². The molecule has 0 atom stereocenters. The van der Waals surface area contributed by atoms with E-state index in [1.54, 1.807) is 7.11 Å². The van der Waals surface area contributed by atoms with E-state index in [2.05, 4.69) is 0 Å². The molecular formula is C11H14O2. The van der Waals surface area contributed by atoms with E-state index in [1.165, 1.54) is 0 Å². The molecule has 0 unspecified atom stereocenters. The molecule has 1 aliphatic carbocycles. The van der Waals surface area contributed by atoms with E-state index >= 15 is 0 Å². The monoisotopic (exact) mass is 178 g/mol. The number of hydrogen-bond acceptors (Lipinski definition) is 2. The molecule has 1 aromatic rings. The van der Waals surface area contributed by atoms with Gasteiger partial charge in [0.25, 0.3) is 0 Å². The highest BCUT2D eigenvalue weighted by atomic mass is 16.5. The van der Waals surface area contributed by atoms with Gasteiger partial charge >= 0.3 is 0 Å². The third kappa shape index (κ3) is 1.42. The zero-order valence-electron chi connectivity index (χ0n) is 8.00. The largest absolute Gasteiger partial charge is 0.496 e. The zero-order valence-corrected chi connectivity index (χ0v) is 8.00. The average Bonchev–Trinajstić information content (AvgIpc) is 2.85. The van der Waals surface area contributed by atoms with Crippen LogP contribution in [0.15, 0.2) is 18.2 Å². The maximum absolute atomic E-state index is 9.85. The third-order valence-electron chi connectivity index (χ3n) is 2.66. The molecule has 0 saturated heterocycles. The highest BCUT2D eigenvalue weighted by molar-refractivity contribution is 5.40. The van der Waals surface area contributed by atoms with Gasteiger partial charge in [0.1, 0.15) is 5.75 Å². The molecule has 0 radical (unpaired) electrons. The second-order valence-corrected chi connectivity index (χ2v) is 3.72. The van der Waals surface area contributed by atoms with Gasteiger partial charge in [-0.05, 0) is 43.0 Å². The van der Waals surface area contributed by atoms with Gasteiger partial charge in [-0.1, -0.05) is 6.07 Å². The van der Waals surface area contributed by atoms with Crippen molar-refractivity contribution in [2.75, 3.05) is 7.11 Å². The molecule has 13 heavy (non-hydrogen) atoms. The third-order valence-corrected chi connectivity index (χ3v) is 2.66. The maximum Gasteiger partial charge on any atom is 0.121 e. The van der Waals surface area contributed by atoms with Crippen LogP contribution in [0, 0.1) is 6.92 Å². The smallest absolute Gasteiger partial charge is 0.121 e. The van der Waals surface area contributed by atoms with E-state index in [9.17, 15) is 5.11 Å². The molecule has 0 spiro atoms. The molecule has 2 rings (SSSR count). The molecule has 1 saturated carbocycles. The van der Waals surface area contributed by atoms with Crippen molar-refractivity contribution in [3.63, 3.8) is 0 Å². The van der Waals surface area contributed by atoms with Crippen molar-refractivity contribution in [1.82, 2.24) is 0 Å². The van der Waals surface area contributed by atoms with E-state index in [4.69, 9.17) is 4.74 Å². The molecule has 0 bridgehead atoms. The second-order valence-electron chi connectivity index (χ2n) is 3.72. The molecule has 0 amide bonds. The van der Waals surface area contributed by atoms with Crippen LogP contribution in [0.3, 0.4) is 0 Å². The molecule has 0 aliphatic heterocycles. The van der Waals surface area contributed by atoms with Gasteiger partial charge in [0.05, 0.1) is 12.7 Å². The summed E-state index contributed by atoms with van der Waals surface area (Å²) in [5, 5.41) is 9.85. The Balaban J connectivity index is 2.36. The number of ether oxygens (including phenoxy) is 1. The summed E-state index contributed by atoms with van der Waals surface area (Å²) in [4.78, 5) is 0. The van der Waals surface area contributed by atoms with Crippen LogP contribution in [0.4, 0.5) is 0 Å². The molecule has 1 N–H and O–H groups in total. The SMILES string of the molecule is COc1ccc(C2(O)CC2)cc1C. The standard InChI is InChI=1S/C11H14O2/c1-8-7-9(11(12)5-6-11)3-4-10(8)13-2/h3-4,7,12H,5-6H2,1-2H3. The number of rotatable bonds is 2. The highest BCUT2D eigenvalue weighted by Crippen LogP contribution is 2.45. The first kappa shape index (κ1) is 8.57. The number of hydrogen-bond donors (Lipinski definition) is 1. The number of aliphatic hydroxyl groups is 1. The summed E-state index contributed by atoms with van der Waals surface area (Å²) in [5.41, 5.74) is 1.57. The summed E-state index contributed by atoms with van der Waals surface area (Å²) in [6.07, 6.45) is 1.78. The summed E-state index contributed by atoms with van der Waals surface area (Å²) >= 11 is 0. The summed E-state index contributed by atoms with van der Waals surface area (Å²) in [7, 11) is 1.66. The van der Waals surface area contributed by atoms with Crippen molar-refractivity contribution in [2.24, 2.45) is 0 Å². The van der Waals surface area contributed by atoms with Crippen molar-refractivity contribution in [3.05, 3.63) is 29.3 Å². The molecule has 1 aromatic carbocycles. The van der Waals surface area contributed by atoms with E-state index < -0.39 is 5.60 Å². The van der Waals surface area contributed by atoms with Crippen LogP contribution < -0.4 is 4.74 Å². The molecule has 0 heterocycles. The quantitative estimate of drug-likeness (QED) is 0.750. The molecule has 1 aliphatic rings. The van der Waals surface area contributed by atoms with Crippen molar-refractivity contribution in [2.45, 2.75) is 25.4 Å². The number of benzene rings is 1. The minimum Gasteiger partial charge on any atom is -0.496 e. The van der Waals surface area contributed by atoms with Crippen molar-refractivity contribution >= 4 is 0 Å². The molecule has 2 heteroatoms. The van der Waals surface area contributed by atoms with E-state index in [1.807, 2.05) is 25.1 Å². The van der Waals surface area contributed by atoms with Crippen LogP contribution in [0.1, 0.15) is 24.0 Å². The molecule has 1 fully saturated rings. The predicted octanol–water partition coefficient (Wildman–Crippen LogP) is 1.99. The Morgan fingerprint density at radius 2 is 2.08 bits per heavy atom. The maximum atomic E-state index is 9.85. The minimum absolute atomic E-state index is 0.531. The number of methoxy groups -OCH3 is 1. The van der Waals surface area contributed by atoms with Crippen LogP contribution in [-0.4, -0.2) is 12.2 Å². The summed E-state index contributed by atoms with van der Waals surface area (Å²) in [5.74, 6) is 0.882. The van der Waals surface area contributed by atoms with Crippen molar-refractivity contribution < 1.29 is 9.84 Å². The first-order valence-electron chi connectivity index (χ1n) is 4.53. The lowest BCUT2D eigenvalue weighted by atomic mass is 10.0. The van der Waals surface area contributed by atoms with Gasteiger partial charge in [-0.2, -0.15) is 0 Å². The van der Waals surface area contributed by atoms with Gasteiger partial charge in [-0.25, -0.2) is 0 Å². The fourth-order valence-corrected chi connectivity index (χ4v) is 1.57. The van der Waals surface area contributed by atoms with Crippen molar-refractivity contribution in [1.29, 1.82) is 0 Å². The lowest BCUT2D eigenvalue weighted by Gasteiger charge is -2.11. The van der Waals surface area contributed by atoms with Gasteiger partial charge in [0.15, 0.2) is 0 Å². The highest BCUT2D eigenvalue weighted by Gasteiger charge is 2.42. The van der Waals surface area contributed by atoms with Gasteiger partial charge in [-0.3, -0.25) is 0 Å². The lowest BCUT2D eigenvalue weighted by molar-refractivity contribution is 0.151. The molecule has 70 valence electrons. The Morgan fingerprint density at radius 1 is 1.38 bits per heavy atom. The average molecular weight is 178 g/mol. The Kier molecular flexibility index (Phi) is 1.81. The van der Waals surface area contributed by atoms with Crippen LogP contribution in [0.2, 0.25) is 0 Å². The second kappa shape index (κ2) is 2.74. The topological polar surface area (TPSA) is 29.5 Å². The zero-order chi connectivity index (χ0) is 9.47. The fourth-order valence-electron chi connectivity index (χ4n) is 1.57. The van der Waals surface area contributed by atoms with E-state index in [-0.39, 0.29) is 0 Å². The first-order chi connectivity index (χ1) is 6.15. The predicted molar refractivity (Wildman–Crippen MR) is 50.9 cm³/mol. The van der Waals surface area contributed by atoms with Gasteiger partial charge < -0.3 is 9.84 Å². The summed E-state index contributed by atoms with van der Waals surface area (Å²) in [6, 6.07) is 5.87. The van der Waals surface area contributed by atoms with E-state index in [0.29, 0.717) is 0 Å². The normalized spacial score (nSPS) is 18.4. The minimum atomic E-state index is -0.531. The van der Waals surface area contributed by atoms with Crippen molar-refractivity contribution in [3.8, 4) is 5.75 Å². The van der Waals surface area contributed by atoms with Crippen LogP contribution >= 0.6 is 0 Å². The Bertz CT molecular complexity index is 327. The molecule has 2 nitrogen and oxygen atoms in total. The lowest BCUT2D eigenvalue weighted by Crippen LogP contribution is -2.04. The number of aryl methyl sites for hydroxylation is 1. The van der Waals surface area contributed by atoms with Crippen LogP contribution in [-0.2, 0) is 5.60 Å². The molecular weight excluding hydrogens is 164 g/mol. The van der Waals surface area contributed by atoms with Gasteiger partial charge in [0.2, 0.25) is 0 Å². The Hall–Kier alpha value is -1.02. The van der Waals surface area contributed by atoms with Gasteiger partial charge in [-0.15, -0.1) is 0 Å². The van der Waals surface area contributed by atoms with Gasteiger partial charge in [0, 0.05) is 0 Å². The molecule has 0 aromatic heterocycles. The summed E-state index contributed by atoms with van der Waals surface area (Å²) in [6.45, 7) is 1.99. The van der Waals surface area contributed by atoms with Crippen LogP contribution in [0.5, 0.6) is 5.75 Å². The fraction of sp³-hybridized carbons (Fsp3) is 0.455. The van der Waals surface area contributed by atoms with E-state index in [0.717, 1.165) is 29.7 Å². The summed E-state index contributed by atoms with van der Waals surface area (Å²) < 4.78 is 5.15. The van der Waals surface area contributed by atoms with Crippen LogP contribution in [0.25, 0.3) is 0 Å². The Morgan fingerprint density at radius 3 is 2.54 bits per heavy atom.